The molecule has 1 aliphatic rings. The summed E-state index contributed by atoms with van der Waals surface area (Å²) >= 11 is 1.19. The third kappa shape index (κ3) is 5.50. The van der Waals surface area contributed by atoms with E-state index in [0.717, 1.165) is 35.5 Å². The summed E-state index contributed by atoms with van der Waals surface area (Å²) in [5.41, 5.74) is 0.991. The quantitative estimate of drug-likeness (QED) is 0.549. The van der Waals surface area contributed by atoms with Crippen molar-refractivity contribution in [2.24, 2.45) is 0 Å². The number of rotatable bonds is 9. The van der Waals surface area contributed by atoms with Crippen molar-refractivity contribution in [2.75, 3.05) is 26.7 Å². The fraction of sp³-hybridized carbons (Fsp3) is 0.409. The van der Waals surface area contributed by atoms with E-state index in [2.05, 4.69) is 6.58 Å². The molecule has 1 aromatic carbocycles. The highest BCUT2D eigenvalue weighted by molar-refractivity contribution is 7.91. The molecular weight excluding hydrogens is 420 g/mol. The maximum Gasteiger partial charge on any atom is 0.252 e. The highest BCUT2D eigenvalue weighted by atomic mass is 32.2. The van der Waals surface area contributed by atoms with Gasteiger partial charge in [-0.15, -0.1) is 17.9 Å². The summed E-state index contributed by atoms with van der Waals surface area (Å²) < 4.78 is 32.7. The van der Waals surface area contributed by atoms with Crippen LogP contribution in [0.25, 0.3) is 0 Å². The minimum Gasteiger partial charge on any atom is -0.497 e. The first-order valence-electron chi connectivity index (χ1n) is 10.0. The number of thiophene rings is 1. The largest absolute Gasteiger partial charge is 0.497 e. The van der Waals surface area contributed by atoms with E-state index in [1.165, 1.54) is 11.3 Å². The molecule has 1 aromatic heterocycles. The number of sulfonamides is 1. The second-order valence-electron chi connectivity index (χ2n) is 7.27. The number of carbonyl (C=O) groups excluding carboxylic acids is 1. The SMILES string of the molecule is C=CCN(Cc1ccc(OC)cc1)C(=O)Cc1ccc(S(=O)(=O)N2CCCCC2)s1. The van der Waals surface area contributed by atoms with Gasteiger partial charge in [0.1, 0.15) is 9.96 Å². The van der Waals surface area contributed by atoms with Crippen molar-refractivity contribution in [2.45, 2.75) is 36.4 Å². The molecule has 1 aliphatic heterocycles. The summed E-state index contributed by atoms with van der Waals surface area (Å²) in [7, 11) is -1.85. The van der Waals surface area contributed by atoms with Gasteiger partial charge in [-0.2, -0.15) is 4.31 Å². The van der Waals surface area contributed by atoms with Crippen molar-refractivity contribution in [1.82, 2.24) is 9.21 Å². The number of ether oxygens (including phenoxy) is 1. The second kappa shape index (κ2) is 10.2. The number of benzene rings is 1. The zero-order chi connectivity index (χ0) is 21.6. The third-order valence-corrected chi connectivity index (χ3v) is 8.56. The molecule has 162 valence electrons. The molecule has 0 bridgehead atoms. The lowest BCUT2D eigenvalue weighted by Crippen LogP contribution is -2.35. The molecule has 30 heavy (non-hydrogen) atoms. The highest BCUT2D eigenvalue weighted by Crippen LogP contribution is 2.27. The van der Waals surface area contributed by atoms with Crippen LogP contribution >= 0.6 is 11.3 Å². The first-order valence-corrected chi connectivity index (χ1v) is 12.3. The Morgan fingerprint density at radius 1 is 1.17 bits per heavy atom. The van der Waals surface area contributed by atoms with E-state index >= 15 is 0 Å². The van der Waals surface area contributed by atoms with Gasteiger partial charge in [0.05, 0.1) is 13.5 Å². The van der Waals surface area contributed by atoms with Crippen LogP contribution in [0.4, 0.5) is 0 Å². The number of hydrogen-bond donors (Lipinski definition) is 0. The molecule has 6 nitrogen and oxygen atoms in total. The van der Waals surface area contributed by atoms with Crippen LogP contribution in [0.2, 0.25) is 0 Å². The summed E-state index contributed by atoms with van der Waals surface area (Å²) in [6.07, 6.45) is 4.74. The third-order valence-electron chi connectivity index (χ3n) is 5.11. The molecule has 0 aliphatic carbocycles. The zero-order valence-electron chi connectivity index (χ0n) is 17.2. The van der Waals surface area contributed by atoms with Gasteiger partial charge in [-0.1, -0.05) is 24.6 Å². The lowest BCUT2D eigenvalue weighted by atomic mass is 10.2. The van der Waals surface area contributed by atoms with Gasteiger partial charge in [0, 0.05) is 31.1 Å². The molecular formula is C22H28N2O4S2. The van der Waals surface area contributed by atoms with E-state index in [1.54, 1.807) is 34.5 Å². The zero-order valence-corrected chi connectivity index (χ0v) is 18.9. The van der Waals surface area contributed by atoms with Crippen molar-refractivity contribution in [1.29, 1.82) is 0 Å². The standard InChI is InChI=1S/C22H28N2O4S2/c1-3-13-23(17-18-7-9-19(28-2)10-8-18)21(25)16-20-11-12-22(29-20)30(26,27)24-14-5-4-6-15-24/h3,7-12H,1,4-6,13-17H2,2H3. The average molecular weight is 449 g/mol. The van der Waals surface area contributed by atoms with Gasteiger partial charge in [0.2, 0.25) is 5.91 Å². The van der Waals surface area contributed by atoms with E-state index in [9.17, 15) is 13.2 Å². The monoisotopic (exact) mass is 448 g/mol. The summed E-state index contributed by atoms with van der Waals surface area (Å²) in [5.74, 6) is 0.705. The Hall–Kier alpha value is -2.16. The predicted octanol–water partition coefficient (Wildman–Crippen LogP) is 3.69. The van der Waals surface area contributed by atoms with Gasteiger partial charge in [0.25, 0.3) is 10.0 Å². The van der Waals surface area contributed by atoms with Crippen LogP contribution in [0, 0.1) is 0 Å². The normalized spacial score (nSPS) is 15.0. The topological polar surface area (TPSA) is 66.9 Å². The van der Waals surface area contributed by atoms with Crippen LogP contribution in [0.15, 0.2) is 53.3 Å². The predicted molar refractivity (Wildman–Crippen MR) is 119 cm³/mol. The Kier molecular flexibility index (Phi) is 7.69. The summed E-state index contributed by atoms with van der Waals surface area (Å²) in [4.78, 5) is 15.4. The maximum atomic E-state index is 12.9. The molecule has 3 rings (SSSR count). The van der Waals surface area contributed by atoms with Gasteiger partial charge < -0.3 is 9.64 Å². The Morgan fingerprint density at radius 2 is 1.87 bits per heavy atom. The molecule has 0 spiro atoms. The van der Waals surface area contributed by atoms with E-state index < -0.39 is 10.0 Å². The van der Waals surface area contributed by atoms with Crippen LogP contribution in [-0.4, -0.2) is 50.3 Å². The molecule has 0 unspecified atom stereocenters. The van der Waals surface area contributed by atoms with E-state index in [1.807, 2.05) is 24.3 Å². The Labute approximate surface area is 182 Å². The molecule has 1 amide bonds. The maximum absolute atomic E-state index is 12.9. The lowest BCUT2D eigenvalue weighted by molar-refractivity contribution is -0.130. The summed E-state index contributed by atoms with van der Waals surface area (Å²) in [6, 6.07) is 11.0. The minimum absolute atomic E-state index is 0.0607. The van der Waals surface area contributed by atoms with Crippen molar-refractivity contribution < 1.29 is 17.9 Å². The number of hydrogen-bond acceptors (Lipinski definition) is 5. The molecule has 1 saturated heterocycles. The van der Waals surface area contributed by atoms with Crippen LogP contribution in [0.3, 0.4) is 0 Å². The van der Waals surface area contributed by atoms with Crippen LogP contribution in [0.5, 0.6) is 5.75 Å². The molecule has 0 atom stereocenters. The molecule has 0 radical (unpaired) electrons. The number of piperidine rings is 1. The Bertz CT molecular complexity index is 961. The molecule has 2 heterocycles. The molecule has 1 fully saturated rings. The van der Waals surface area contributed by atoms with Gasteiger partial charge in [-0.05, 0) is 42.7 Å². The molecule has 0 saturated carbocycles. The number of amides is 1. The second-order valence-corrected chi connectivity index (χ2v) is 10.6. The fourth-order valence-electron chi connectivity index (χ4n) is 3.45. The van der Waals surface area contributed by atoms with E-state index in [-0.39, 0.29) is 12.3 Å². The van der Waals surface area contributed by atoms with Gasteiger partial charge in [-0.3, -0.25) is 4.79 Å². The summed E-state index contributed by atoms with van der Waals surface area (Å²) in [6.45, 7) is 5.78. The van der Waals surface area contributed by atoms with Crippen molar-refractivity contribution >= 4 is 27.3 Å². The fourth-order valence-corrected chi connectivity index (χ4v) is 6.47. The number of nitrogens with zero attached hydrogens (tertiary/aromatic N) is 2. The van der Waals surface area contributed by atoms with Gasteiger partial charge in [-0.25, -0.2) is 8.42 Å². The first kappa shape index (κ1) is 22.5. The molecule has 8 heteroatoms. The smallest absolute Gasteiger partial charge is 0.252 e. The lowest BCUT2D eigenvalue weighted by Gasteiger charge is -2.25. The van der Waals surface area contributed by atoms with Crippen molar-refractivity contribution in [3.63, 3.8) is 0 Å². The minimum atomic E-state index is -3.46. The van der Waals surface area contributed by atoms with Crippen molar-refractivity contribution in [3.8, 4) is 5.75 Å². The number of carbonyl (C=O) groups is 1. The first-order chi connectivity index (χ1) is 14.4. The average Bonchev–Trinajstić information content (AvgIpc) is 3.24. The Balaban J connectivity index is 1.67. The highest BCUT2D eigenvalue weighted by Gasteiger charge is 2.27. The Morgan fingerprint density at radius 3 is 2.50 bits per heavy atom. The summed E-state index contributed by atoms with van der Waals surface area (Å²) in [5, 5.41) is 0. The van der Waals surface area contributed by atoms with Gasteiger partial charge in [0.15, 0.2) is 0 Å². The number of methoxy groups -OCH3 is 1. The van der Waals surface area contributed by atoms with Crippen LogP contribution in [-0.2, 0) is 27.8 Å². The van der Waals surface area contributed by atoms with Crippen LogP contribution < -0.4 is 4.74 Å². The van der Waals surface area contributed by atoms with Gasteiger partial charge >= 0.3 is 0 Å². The van der Waals surface area contributed by atoms with Crippen LogP contribution in [0.1, 0.15) is 29.7 Å². The molecule has 0 N–H and O–H groups in total. The van der Waals surface area contributed by atoms with Crippen molar-refractivity contribution in [3.05, 3.63) is 59.5 Å². The molecule has 2 aromatic rings. The van der Waals surface area contributed by atoms with E-state index in [0.29, 0.717) is 30.4 Å². The van der Waals surface area contributed by atoms with E-state index in [4.69, 9.17) is 4.74 Å².